The van der Waals surface area contributed by atoms with E-state index in [4.69, 9.17) is 0 Å². The second-order valence-corrected chi connectivity index (χ2v) is 3.77. The van der Waals surface area contributed by atoms with Gasteiger partial charge in [-0.3, -0.25) is 0 Å². The number of benzene rings is 1. The normalized spacial score (nSPS) is 8.50. The molecule has 66 valence electrons. The van der Waals surface area contributed by atoms with Crippen molar-refractivity contribution < 1.29 is 0 Å². The zero-order chi connectivity index (χ0) is 9.23. The lowest BCUT2D eigenvalue weighted by atomic mass is 10.4. The molecule has 0 unspecified atom stereocenters. The fraction of sp³-hybridized carbons (Fsp3) is 0.400. The summed E-state index contributed by atoms with van der Waals surface area (Å²) in [5.41, 5.74) is 0. The van der Waals surface area contributed by atoms with E-state index in [1.54, 1.807) is 0 Å². The lowest BCUT2D eigenvalue weighted by molar-refractivity contribution is 0.762. The molecule has 0 aliphatic carbocycles. The predicted molar refractivity (Wildman–Crippen MR) is 58.8 cm³/mol. The van der Waals surface area contributed by atoms with Gasteiger partial charge >= 0.3 is 0 Å². The lowest BCUT2D eigenvalue weighted by Crippen LogP contribution is -2.09. The highest BCUT2D eigenvalue weighted by Crippen LogP contribution is 1.76. The molecule has 2 heteroatoms. The summed E-state index contributed by atoms with van der Waals surface area (Å²) in [5, 5.41) is 3.11. The van der Waals surface area contributed by atoms with E-state index in [-0.39, 0.29) is 0 Å². The predicted octanol–water partition coefficient (Wildman–Crippen LogP) is 0.561. The molecule has 0 radical (unpaired) electrons. The zero-order valence-electron chi connectivity index (χ0n) is 8.30. The van der Waals surface area contributed by atoms with Gasteiger partial charge < -0.3 is 5.32 Å². The molecule has 0 amide bonds. The largest absolute Gasteiger partial charge is 0.317 e. The Balaban J connectivity index is 0.000000217. The summed E-state index contributed by atoms with van der Waals surface area (Å²) >= 11 is 1.17. The van der Waals surface area contributed by atoms with Crippen LogP contribution in [0.25, 0.3) is 0 Å². The van der Waals surface area contributed by atoms with Crippen LogP contribution in [0.4, 0.5) is 0 Å². The number of hydrogen-bond acceptors (Lipinski definition) is 1. The van der Waals surface area contributed by atoms with Crippen molar-refractivity contribution in [1.29, 1.82) is 0 Å². The second kappa shape index (κ2) is 8.81. The summed E-state index contributed by atoms with van der Waals surface area (Å²) in [4.78, 5) is 0. The van der Waals surface area contributed by atoms with Crippen molar-refractivity contribution in [2.75, 3.05) is 13.1 Å². The number of hydrogen-bond donors (Lipinski definition) is 1. The maximum Gasteiger partial charge on any atom is 0.258 e. The molecule has 1 aromatic rings. The molecule has 0 bridgehead atoms. The molecule has 0 saturated heterocycles. The molecule has 0 fully saturated rings. The maximum absolute atomic E-state index is 3.11. The van der Waals surface area contributed by atoms with Crippen LogP contribution >= 0.6 is 0 Å². The average molecular weight is 179 g/mol. The average Bonchev–Trinajstić information content (AvgIpc) is 2.08. The molecule has 1 N–H and O–H groups in total. The van der Waals surface area contributed by atoms with Gasteiger partial charge in [-0.2, -0.15) is 0 Å². The first kappa shape index (κ1) is 11.7. The van der Waals surface area contributed by atoms with Crippen molar-refractivity contribution in [2.24, 2.45) is 0 Å². The van der Waals surface area contributed by atoms with Crippen LogP contribution in [0.3, 0.4) is 0 Å². The Hall–Kier alpha value is -0.288. The topological polar surface area (TPSA) is 12.0 Å². The van der Waals surface area contributed by atoms with Crippen molar-refractivity contribution in [3.63, 3.8) is 0 Å². The molecule has 0 saturated carbocycles. The minimum absolute atomic E-state index is 1.09. The zero-order valence-corrected chi connectivity index (χ0v) is 10.3. The minimum Gasteiger partial charge on any atom is -0.317 e. The van der Waals surface area contributed by atoms with Gasteiger partial charge in [-0.25, -0.2) is 0 Å². The Morgan fingerprint density at radius 2 is 1.58 bits per heavy atom. The fourth-order valence-corrected chi connectivity index (χ4v) is 1.17. The molecule has 0 aliphatic rings. The van der Waals surface area contributed by atoms with E-state index >= 15 is 0 Å². The molecular weight excluding hydrogens is 161 g/mol. The summed E-state index contributed by atoms with van der Waals surface area (Å²) in [6.45, 7) is 6.39. The van der Waals surface area contributed by atoms with Crippen molar-refractivity contribution in [1.82, 2.24) is 5.32 Å². The van der Waals surface area contributed by atoms with Crippen LogP contribution in [0.5, 0.6) is 0 Å². The van der Waals surface area contributed by atoms with E-state index in [9.17, 15) is 0 Å². The molecule has 0 aliphatic heterocycles. The number of rotatable bonds is 2. The van der Waals surface area contributed by atoms with E-state index in [1.165, 1.54) is 20.7 Å². The second-order valence-electron chi connectivity index (χ2n) is 2.61. The molecular formula is C10H18AlN. The van der Waals surface area contributed by atoms with Gasteiger partial charge in [0.05, 0.1) is 0 Å². The molecule has 0 heterocycles. The highest BCUT2D eigenvalue weighted by Gasteiger charge is 1.72. The first-order valence-electron chi connectivity index (χ1n) is 4.53. The van der Waals surface area contributed by atoms with Crippen LogP contribution < -0.4 is 9.74 Å². The Kier molecular flexibility index (Phi) is 8.59. The molecule has 0 aromatic heterocycles. The van der Waals surface area contributed by atoms with Gasteiger partial charge in [0.25, 0.3) is 16.3 Å². The van der Waals surface area contributed by atoms with Gasteiger partial charge in [0.1, 0.15) is 0 Å². The van der Waals surface area contributed by atoms with E-state index in [2.05, 4.69) is 43.4 Å². The summed E-state index contributed by atoms with van der Waals surface area (Å²) in [6, 6.07) is 10.5. The van der Waals surface area contributed by atoms with Gasteiger partial charge in [-0.15, -0.1) is 4.43 Å². The smallest absolute Gasteiger partial charge is 0.258 e. The minimum atomic E-state index is 1.09. The monoisotopic (exact) mass is 179 g/mol. The summed E-state index contributed by atoms with van der Waals surface area (Å²) in [7, 11) is 0. The van der Waals surface area contributed by atoms with Gasteiger partial charge in [-0.05, 0) is 13.1 Å². The molecule has 1 rings (SSSR count). The Bertz CT molecular complexity index is 172. The fourth-order valence-electron chi connectivity index (χ4n) is 0.784. The summed E-state index contributed by atoms with van der Waals surface area (Å²) in [5.74, 6) is 0. The van der Waals surface area contributed by atoms with Crippen molar-refractivity contribution >= 4 is 20.7 Å². The molecule has 12 heavy (non-hydrogen) atoms. The third kappa shape index (κ3) is 7.82. The van der Waals surface area contributed by atoms with Crippen molar-refractivity contribution in [3.8, 4) is 0 Å². The number of nitrogens with one attached hydrogen (secondary N) is 1. The van der Waals surface area contributed by atoms with Crippen LogP contribution in [-0.2, 0) is 0 Å². The third-order valence-electron chi connectivity index (χ3n) is 1.44. The lowest BCUT2D eigenvalue weighted by Gasteiger charge is -1.86. The SMILES string of the molecule is CCNCC.[AlH2][c]1ccccc1. The van der Waals surface area contributed by atoms with Gasteiger partial charge in [0.15, 0.2) is 0 Å². The van der Waals surface area contributed by atoms with Crippen LogP contribution in [0.1, 0.15) is 13.8 Å². The highest BCUT2D eigenvalue weighted by molar-refractivity contribution is 6.32. The van der Waals surface area contributed by atoms with Crippen molar-refractivity contribution in [2.45, 2.75) is 13.8 Å². The molecule has 0 atom stereocenters. The third-order valence-corrected chi connectivity index (χ3v) is 2.11. The summed E-state index contributed by atoms with van der Waals surface area (Å²) in [6.07, 6.45) is 0. The Morgan fingerprint density at radius 3 is 1.75 bits per heavy atom. The molecule has 1 aromatic carbocycles. The van der Waals surface area contributed by atoms with Crippen LogP contribution in [0.2, 0.25) is 0 Å². The van der Waals surface area contributed by atoms with E-state index in [0.717, 1.165) is 13.1 Å². The standard InChI is InChI=1S/C6H5.C4H11N.Al.2H/c1-2-4-6-5-3-1;1-3-5-4-2;;;/h1-5H;5H,3-4H2,1-2H3;;;. The Labute approximate surface area is 83.6 Å². The van der Waals surface area contributed by atoms with Crippen LogP contribution in [0.15, 0.2) is 30.3 Å². The molecule has 1 nitrogen and oxygen atoms in total. The van der Waals surface area contributed by atoms with Gasteiger partial charge in [0, 0.05) is 0 Å². The maximum atomic E-state index is 3.11. The van der Waals surface area contributed by atoms with Crippen molar-refractivity contribution in [3.05, 3.63) is 30.3 Å². The molecule has 0 spiro atoms. The quantitative estimate of drug-likeness (QED) is 0.654. The highest BCUT2D eigenvalue weighted by atomic mass is 27.0. The van der Waals surface area contributed by atoms with E-state index < -0.39 is 0 Å². The van der Waals surface area contributed by atoms with Gasteiger partial charge in [0.2, 0.25) is 0 Å². The summed E-state index contributed by atoms with van der Waals surface area (Å²) < 4.78 is 1.46. The van der Waals surface area contributed by atoms with E-state index in [0.29, 0.717) is 0 Å². The first-order chi connectivity index (χ1) is 5.81. The van der Waals surface area contributed by atoms with E-state index in [1.807, 2.05) is 6.07 Å². The first-order valence-corrected chi connectivity index (χ1v) is 5.53. The van der Waals surface area contributed by atoms with Crippen LogP contribution in [0, 0.1) is 0 Å². The van der Waals surface area contributed by atoms with Gasteiger partial charge in [-0.1, -0.05) is 44.2 Å². The Morgan fingerprint density at radius 1 is 1.08 bits per heavy atom. The van der Waals surface area contributed by atoms with Crippen LogP contribution in [-0.4, -0.2) is 29.4 Å².